The van der Waals surface area contributed by atoms with Crippen LogP contribution in [0.2, 0.25) is 0 Å². The number of allylic oxidation sites excluding steroid dienone is 2. The molecule has 3 aliphatic rings. The van der Waals surface area contributed by atoms with E-state index in [9.17, 15) is 0 Å². The summed E-state index contributed by atoms with van der Waals surface area (Å²) in [6.07, 6.45) is 8.83. The first-order valence-corrected chi connectivity index (χ1v) is 24.2. The van der Waals surface area contributed by atoms with Crippen molar-refractivity contribution in [2.24, 2.45) is 0 Å². The molecule has 6 aromatic rings. The first kappa shape index (κ1) is 41.4. The summed E-state index contributed by atoms with van der Waals surface area (Å²) in [5.74, 6) is 4.15. The molecule has 2 nitrogen and oxygen atoms in total. The van der Waals surface area contributed by atoms with Gasteiger partial charge in [-0.3, -0.25) is 0 Å². The molecule has 290 valence electrons. The molecule has 0 radical (unpaired) electrons. The summed E-state index contributed by atoms with van der Waals surface area (Å²) in [7, 11) is 0. The van der Waals surface area contributed by atoms with Crippen LogP contribution in [-0.4, -0.2) is 3.21 Å². The van der Waals surface area contributed by atoms with E-state index < -0.39 is 21.3 Å². The molecule has 3 aliphatic carbocycles. The number of fused-ring (bicyclic) bond motifs is 2. The van der Waals surface area contributed by atoms with Crippen LogP contribution in [0.1, 0.15) is 124 Å². The van der Waals surface area contributed by atoms with Crippen molar-refractivity contribution < 1.29 is 54.9 Å². The molecule has 5 heteroatoms. The zero-order chi connectivity index (χ0) is 38.2. The van der Waals surface area contributed by atoms with Crippen molar-refractivity contribution >= 4 is 26.5 Å². The van der Waals surface area contributed by atoms with Crippen LogP contribution < -0.4 is 24.8 Å². The third-order valence-electron chi connectivity index (χ3n) is 12.2. The number of halogens is 2. The normalized spacial score (nSPS) is 17.0. The fourth-order valence-electron chi connectivity index (χ4n) is 9.20. The van der Waals surface area contributed by atoms with E-state index in [1.807, 2.05) is 3.21 Å². The molecule has 1 saturated carbocycles. The van der Waals surface area contributed by atoms with Gasteiger partial charge in [-0.2, -0.15) is 0 Å². The van der Waals surface area contributed by atoms with Crippen molar-refractivity contribution in [3.8, 4) is 22.3 Å². The van der Waals surface area contributed by atoms with E-state index in [1.54, 1.807) is 0 Å². The summed E-state index contributed by atoms with van der Waals surface area (Å²) in [5, 5.41) is 0. The smallest absolute Gasteiger partial charge is 1.00 e. The second kappa shape index (κ2) is 15.8. The maximum atomic E-state index is 6.95. The minimum Gasteiger partial charge on any atom is -1.00 e. The van der Waals surface area contributed by atoms with Gasteiger partial charge in [0.1, 0.15) is 0 Å². The van der Waals surface area contributed by atoms with Crippen molar-refractivity contribution in [2.75, 3.05) is 0 Å². The van der Waals surface area contributed by atoms with Crippen molar-refractivity contribution in [2.45, 2.75) is 92.7 Å². The first-order chi connectivity index (χ1) is 26.4. The van der Waals surface area contributed by atoms with E-state index in [4.69, 9.17) is 8.83 Å². The second-order valence-corrected chi connectivity index (χ2v) is 24.9. The topological polar surface area (TPSA) is 26.3 Å². The summed E-state index contributed by atoms with van der Waals surface area (Å²) >= 11 is -2.83. The number of rotatable bonds is 6. The van der Waals surface area contributed by atoms with Gasteiger partial charge in [0.15, 0.2) is 0 Å². The molecular weight excluding hydrogens is 819 g/mol. The first-order valence-electron chi connectivity index (χ1n) is 20.1. The second-order valence-electron chi connectivity index (χ2n) is 18.1. The maximum Gasteiger partial charge on any atom is -1.00 e. The largest absolute Gasteiger partial charge is 1.00 e. The number of hydrogen-bond donors (Lipinski definition) is 0. The van der Waals surface area contributed by atoms with Gasteiger partial charge in [-0.25, -0.2) is 0 Å². The van der Waals surface area contributed by atoms with Gasteiger partial charge in [-0.15, -0.1) is 0 Å². The molecule has 0 spiro atoms. The molecule has 0 saturated heterocycles. The predicted octanol–water partition coefficient (Wildman–Crippen LogP) is 8.29. The van der Waals surface area contributed by atoms with Gasteiger partial charge < -0.3 is 24.8 Å². The Balaban J connectivity index is 0.00000248. The van der Waals surface area contributed by atoms with E-state index in [0.717, 1.165) is 23.0 Å². The molecule has 2 atom stereocenters. The molecule has 0 N–H and O–H groups in total. The van der Waals surface area contributed by atoms with E-state index >= 15 is 0 Å². The number of aryl methyl sites for hydroxylation is 2. The number of hydrogen-bond acceptors (Lipinski definition) is 2. The van der Waals surface area contributed by atoms with Crippen LogP contribution in [-0.2, 0) is 32.1 Å². The van der Waals surface area contributed by atoms with Gasteiger partial charge in [-0.1, -0.05) is 0 Å². The molecule has 57 heavy (non-hydrogen) atoms. The van der Waals surface area contributed by atoms with Crippen molar-refractivity contribution in [1.29, 1.82) is 0 Å². The van der Waals surface area contributed by atoms with E-state index in [1.165, 1.54) is 86.0 Å². The van der Waals surface area contributed by atoms with E-state index in [2.05, 4.69) is 177 Å². The summed E-state index contributed by atoms with van der Waals surface area (Å²) < 4.78 is 16.3. The van der Waals surface area contributed by atoms with Crippen molar-refractivity contribution in [3.63, 3.8) is 0 Å². The van der Waals surface area contributed by atoms with Crippen LogP contribution in [0.15, 0.2) is 118 Å². The molecule has 9 rings (SSSR count). The van der Waals surface area contributed by atoms with Gasteiger partial charge in [0, 0.05) is 0 Å². The van der Waals surface area contributed by atoms with Crippen LogP contribution >= 0.6 is 0 Å². The average molecular weight is 871 g/mol. The Morgan fingerprint density at radius 2 is 0.912 bits per heavy atom. The Hall–Kier alpha value is -3.75. The monoisotopic (exact) mass is 868 g/mol. The predicted molar refractivity (Wildman–Crippen MR) is 228 cm³/mol. The maximum absolute atomic E-state index is 6.95. The molecule has 0 bridgehead atoms. The SMILES string of the molecule is Cc1ccc2c(c1-c1ccccc1)C=C(c1ccc(C(C)(C)C)o1)[CH]2[Zr+2](=[C]1CCC1)[CH]1C(c2ccc(C(C)(C)C)o2)=Cc2c1ccc(C)c2-c1ccccc1.[Cl-].[Cl-]. The molecule has 0 aliphatic heterocycles. The standard InChI is InChI=1S/2C24H23O.C4H6.2ClH.Zr/c2*1-16-10-11-18-14-19(21-12-13-22(25-21)24(2,3)4)15-20(18)23(16)17-8-6-5-7-9-17;1-2-4-3-1;;;/h2*5-15H,1-4H3;1-3H2;2*1H;/q;;;;;+2/p-2. The van der Waals surface area contributed by atoms with Crippen molar-refractivity contribution in [3.05, 3.63) is 166 Å². The summed E-state index contributed by atoms with van der Waals surface area (Å²) in [5.41, 5.74) is 16.2. The molecular formula is C52H52Cl2O2Zr. The van der Waals surface area contributed by atoms with Crippen LogP contribution in [0, 0.1) is 13.8 Å². The quantitative estimate of drug-likeness (QED) is 0.169. The summed E-state index contributed by atoms with van der Waals surface area (Å²) in [4.78, 5) is 0. The minimum atomic E-state index is -2.83. The van der Waals surface area contributed by atoms with Gasteiger partial charge >= 0.3 is 337 Å². The third kappa shape index (κ3) is 7.32. The van der Waals surface area contributed by atoms with Crippen molar-refractivity contribution in [1.82, 2.24) is 0 Å². The van der Waals surface area contributed by atoms with Crippen LogP contribution in [0.25, 0.3) is 45.6 Å². The molecule has 2 unspecified atom stereocenters. The van der Waals surface area contributed by atoms with Gasteiger partial charge in [0.05, 0.1) is 0 Å². The molecule has 2 aromatic heterocycles. The number of furan rings is 2. The zero-order valence-corrected chi connectivity index (χ0v) is 38.4. The molecule has 1 fully saturated rings. The minimum absolute atomic E-state index is 0. The van der Waals surface area contributed by atoms with E-state index in [-0.39, 0.29) is 35.6 Å². The third-order valence-corrected chi connectivity index (χ3v) is 21.5. The Morgan fingerprint density at radius 3 is 1.25 bits per heavy atom. The van der Waals surface area contributed by atoms with Gasteiger partial charge in [0.25, 0.3) is 0 Å². The Morgan fingerprint density at radius 1 is 0.509 bits per heavy atom. The summed E-state index contributed by atoms with van der Waals surface area (Å²) in [6.45, 7) is 18.1. The molecule has 2 heterocycles. The Bertz CT molecular complexity index is 2380. The summed E-state index contributed by atoms with van der Waals surface area (Å²) in [6, 6.07) is 40.8. The Labute approximate surface area is 359 Å². The zero-order valence-electron chi connectivity index (χ0n) is 34.4. The van der Waals surface area contributed by atoms with Crippen LogP contribution in [0.3, 0.4) is 0 Å². The van der Waals surface area contributed by atoms with E-state index in [0.29, 0.717) is 7.25 Å². The number of benzene rings is 4. The molecule has 4 aromatic carbocycles. The average Bonchev–Trinajstić information content (AvgIpc) is 3.95. The van der Waals surface area contributed by atoms with Gasteiger partial charge in [-0.05, 0) is 0 Å². The fraction of sp³-hybridized carbons (Fsp3) is 0.288. The van der Waals surface area contributed by atoms with Crippen LogP contribution in [0.5, 0.6) is 0 Å². The Kier molecular flexibility index (Phi) is 11.5. The van der Waals surface area contributed by atoms with Gasteiger partial charge in [0.2, 0.25) is 0 Å². The fourth-order valence-corrected chi connectivity index (χ4v) is 20.0. The van der Waals surface area contributed by atoms with Crippen LogP contribution in [0.4, 0.5) is 0 Å². The molecule has 0 amide bonds.